The van der Waals surface area contributed by atoms with Gasteiger partial charge in [-0.3, -0.25) is 0 Å². The van der Waals surface area contributed by atoms with Crippen molar-refractivity contribution in [3.8, 4) is 0 Å². The van der Waals surface area contributed by atoms with E-state index in [-0.39, 0.29) is 25.8 Å². The number of pyridine rings is 1. The summed E-state index contributed by atoms with van der Waals surface area (Å²) >= 11 is 0. The molecular weight excluding hydrogens is 267 g/mol. The van der Waals surface area contributed by atoms with E-state index in [0.29, 0.717) is 5.82 Å². The van der Waals surface area contributed by atoms with Crippen LogP contribution < -0.4 is 5.73 Å². The molecule has 2 N–H and O–H groups in total. The first-order chi connectivity index (χ1) is 3.39. The molecule has 1 rings (SSSR count). The van der Waals surface area contributed by atoms with E-state index in [1.165, 1.54) is 0 Å². The molecule has 8 heavy (non-hydrogen) atoms. The fourth-order valence-electron chi connectivity index (χ4n) is 0.376. The van der Waals surface area contributed by atoms with Crippen molar-refractivity contribution in [1.82, 2.24) is 4.98 Å². The van der Waals surface area contributed by atoms with E-state index < -0.39 is 0 Å². The van der Waals surface area contributed by atoms with Crippen molar-refractivity contribution >= 4 is 5.82 Å². The van der Waals surface area contributed by atoms with Gasteiger partial charge in [-0.15, -0.1) is 0 Å². The Bertz CT molecular complexity index is 140. The van der Waals surface area contributed by atoms with Crippen molar-refractivity contribution < 1.29 is 25.8 Å². The average Bonchev–Trinajstić information content (AvgIpc) is 1.69. The molecule has 3 heteroatoms. The van der Waals surface area contributed by atoms with E-state index in [2.05, 4.69) is 4.98 Å². The van der Waals surface area contributed by atoms with Gasteiger partial charge in [-0.05, 0) is 12.1 Å². The Morgan fingerprint density at radius 3 is 2.38 bits per heavy atom. The Hall–Kier alpha value is -0.180. The summed E-state index contributed by atoms with van der Waals surface area (Å²) in [4.78, 5) is 3.76. The third kappa shape index (κ3) is 2.21. The van der Waals surface area contributed by atoms with Crippen molar-refractivity contribution in [2.24, 2.45) is 0 Å². The zero-order valence-corrected chi connectivity index (χ0v) is 7.93. The zero-order chi connectivity index (χ0) is 5.11. The minimum atomic E-state index is 0. The first-order valence-corrected chi connectivity index (χ1v) is 2.06. The number of nitrogens with zero attached hydrogens (tertiary/aromatic N) is 1. The smallest absolute Gasteiger partial charge is 0.123 e. The van der Waals surface area contributed by atoms with Crippen LogP contribution in [-0.2, 0) is 25.8 Å². The van der Waals surface area contributed by atoms with Crippen molar-refractivity contribution in [3.05, 3.63) is 24.4 Å². The molecule has 0 spiro atoms. The molecule has 0 unspecified atom stereocenters. The summed E-state index contributed by atoms with van der Waals surface area (Å²) in [5, 5.41) is 0. The summed E-state index contributed by atoms with van der Waals surface area (Å²) in [5.41, 5.74) is 5.25. The van der Waals surface area contributed by atoms with Crippen LogP contribution in [0.4, 0.5) is 5.82 Å². The second-order valence-corrected chi connectivity index (χ2v) is 1.25. The first-order valence-electron chi connectivity index (χ1n) is 2.06. The minimum absolute atomic E-state index is 0. The van der Waals surface area contributed by atoms with Crippen LogP contribution in [0.5, 0.6) is 0 Å². The summed E-state index contributed by atoms with van der Waals surface area (Å²) in [6, 6.07) is 5.43. The summed E-state index contributed by atoms with van der Waals surface area (Å²) in [5.74, 6) is 0.572. The van der Waals surface area contributed by atoms with Crippen molar-refractivity contribution in [2.45, 2.75) is 0 Å². The Morgan fingerprint density at radius 1 is 1.38 bits per heavy atom. The van der Waals surface area contributed by atoms with Gasteiger partial charge < -0.3 is 5.73 Å². The van der Waals surface area contributed by atoms with Crippen LogP contribution in [0.1, 0.15) is 0 Å². The van der Waals surface area contributed by atoms with E-state index in [9.17, 15) is 0 Å². The molecule has 1 aromatic heterocycles. The molecule has 0 aliphatic carbocycles. The quantitative estimate of drug-likeness (QED) is 0.705. The van der Waals surface area contributed by atoms with Gasteiger partial charge in [-0.1, -0.05) is 6.07 Å². The molecule has 1 heterocycles. The van der Waals surface area contributed by atoms with Gasteiger partial charge >= 0.3 is 0 Å². The van der Waals surface area contributed by atoms with E-state index in [4.69, 9.17) is 5.73 Å². The molecule has 0 aliphatic heterocycles. The van der Waals surface area contributed by atoms with Gasteiger partial charge in [0.1, 0.15) is 5.82 Å². The monoisotopic (exact) mass is 274 g/mol. The van der Waals surface area contributed by atoms with E-state index in [0.717, 1.165) is 0 Å². The van der Waals surface area contributed by atoms with Crippen LogP contribution in [0.3, 0.4) is 0 Å². The number of nitrogen functional groups attached to an aromatic ring is 1. The molecule has 0 fully saturated rings. The topological polar surface area (TPSA) is 38.9 Å². The Kier molecular flexibility index (Phi) is 3.69. The number of hydrogen-bond acceptors (Lipinski definition) is 2. The fourth-order valence-corrected chi connectivity index (χ4v) is 0.376. The molecule has 0 amide bonds. The van der Waals surface area contributed by atoms with Gasteiger partial charge in [-0.2, -0.15) is 0 Å². The van der Waals surface area contributed by atoms with Gasteiger partial charge in [-0.25, -0.2) is 4.98 Å². The second-order valence-electron chi connectivity index (χ2n) is 1.25. The zero-order valence-electron chi connectivity index (χ0n) is 4.33. The van der Waals surface area contributed by atoms with Crippen molar-refractivity contribution in [2.75, 3.05) is 5.73 Å². The summed E-state index contributed by atoms with van der Waals surface area (Å²) in [6.07, 6.45) is 1.66. The maximum absolute atomic E-state index is 5.25. The Balaban J connectivity index is 0.000000490. The number of anilines is 1. The average molecular weight is 273 g/mol. The largest absolute Gasteiger partial charge is 0.384 e. The standard InChI is InChI=1S/C5H6N2.Hf/c6-5-3-1-2-4-7-5;/h1-4H,(H2,6,7);. The van der Waals surface area contributed by atoms with Gasteiger partial charge in [0.25, 0.3) is 0 Å². The number of aromatic nitrogens is 1. The van der Waals surface area contributed by atoms with Crippen molar-refractivity contribution in [3.63, 3.8) is 0 Å². The number of hydrogen-bond donors (Lipinski definition) is 1. The van der Waals surface area contributed by atoms with Gasteiger partial charge in [0.2, 0.25) is 0 Å². The minimum Gasteiger partial charge on any atom is -0.384 e. The maximum Gasteiger partial charge on any atom is 0.123 e. The molecule has 0 bridgehead atoms. The maximum atomic E-state index is 5.25. The first kappa shape index (κ1) is 7.82. The summed E-state index contributed by atoms with van der Waals surface area (Å²) < 4.78 is 0. The van der Waals surface area contributed by atoms with E-state index in [1.807, 2.05) is 12.1 Å². The summed E-state index contributed by atoms with van der Waals surface area (Å²) in [7, 11) is 0. The predicted molar refractivity (Wildman–Crippen MR) is 28.6 cm³/mol. The predicted octanol–water partition coefficient (Wildman–Crippen LogP) is 0.661. The SMILES string of the molecule is Nc1ccccn1.[Hf]. The molecule has 2 nitrogen and oxygen atoms in total. The van der Waals surface area contributed by atoms with Gasteiger partial charge in [0.05, 0.1) is 0 Å². The third-order valence-electron chi connectivity index (χ3n) is 0.688. The molecule has 0 radical (unpaired) electrons. The Morgan fingerprint density at radius 2 is 2.12 bits per heavy atom. The van der Waals surface area contributed by atoms with Crippen LogP contribution in [0, 0.1) is 0 Å². The Labute approximate surface area is 66.9 Å². The third-order valence-corrected chi connectivity index (χ3v) is 0.688. The molecular formula is C5H6HfN2. The van der Waals surface area contributed by atoms with Crippen LogP contribution in [-0.4, -0.2) is 4.98 Å². The normalized spacial score (nSPS) is 7.50. The molecule has 0 saturated heterocycles. The van der Waals surface area contributed by atoms with Crippen LogP contribution >= 0.6 is 0 Å². The van der Waals surface area contributed by atoms with Crippen LogP contribution in [0.25, 0.3) is 0 Å². The molecule has 1 aromatic rings. The molecule has 40 valence electrons. The molecule has 0 aromatic carbocycles. The number of rotatable bonds is 0. The fraction of sp³-hybridized carbons (Fsp3) is 0. The van der Waals surface area contributed by atoms with Crippen molar-refractivity contribution in [1.29, 1.82) is 0 Å². The molecule has 0 atom stereocenters. The second kappa shape index (κ2) is 3.78. The van der Waals surface area contributed by atoms with Crippen LogP contribution in [0.2, 0.25) is 0 Å². The molecule has 0 saturated carbocycles. The van der Waals surface area contributed by atoms with Crippen LogP contribution in [0.15, 0.2) is 24.4 Å². The molecule has 0 aliphatic rings. The van der Waals surface area contributed by atoms with Gasteiger partial charge in [0, 0.05) is 32.0 Å². The van der Waals surface area contributed by atoms with Gasteiger partial charge in [0.15, 0.2) is 0 Å². The number of nitrogens with two attached hydrogens (primary N) is 1. The van der Waals surface area contributed by atoms with E-state index >= 15 is 0 Å². The van der Waals surface area contributed by atoms with E-state index in [1.54, 1.807) is 12.3 Å². The summed E-state index contributed by atoms with van der Waals surface area (Å²) in [6.45, 7) is 0.